The number of hydrogen-bond donors (Lipinski definition) is 1. The number of ether oxygens (including phenoxy) is 1. The van der Waals surface area contributed by atoms with Crippen molar-refractivity contribution in [2.24, 2.45) is 0 Å². The zero-order valence-electron chi connectivity index (χ0n) is 9.90. The van der Waals surface area contributed by atoms with E-state index in [-0.39, 0.29) is 5.91 Å². The molecule has 2 aromatic rings. The van der Waals surface area contributed by atoms with Crippen LogP contribution in [0.2, 0.25) is 0 Å². The fourth-order valence-corrected chi connectivity index (χ4v) is 1.94. The van der Waals surface area contributed by atoms with Crippen LogP contribution in [0.15, 0.2) is 28.8 Å². The molecule has 5 heteroatoms. The van der Waals surface area contributed by atoms with Gasteiger partial charge in [0.15, 0.2) is 5.82 Å². The van der Waals surface area contributed by atoms with E-state index in [1.54, 1.807) is 19.1 Å². The third-order valence-corrected chi connectivity index (χ3v) is 2.82. The summed E-state index contributed by atoms with van der Waals surface area (Å²) in [6.07, 6.45) is 0.847. The number of rotatable bonds is 2. The summed E-state index contributed by atoms with van der Waals surface area (Å²) >= 11 is 0. The molecule has 0 spiro atoms. The quantitative estimate of drug-likeness (QED) is 0.879. The molecule has 0 radical (unpaired) electrons. The third kappa shape index (κ3) is 1.95. The van der Waals surface area contributed by atoms with Crippen molar-refractivity contribution in [1.82, 2.24) is 5.16 Å². The molecule has 0 aliphatic carbocycles. The molecule has 0 fully saturated rings. The summed E-state index contributed by atoms with van der Waals surface area (Å²) in [7, 11) is 0. The van der Waals surface area contributed by atoms with Gasteiger partial charge in [-0.1, -0.05) is 5.16 Å². The Kier molecular flexibility index (Phi) is 2.51. The van der Waals surface area contributed by atoms with Crippen LogP contribution in [0.4, 0.5) is 5.82 Å². The Labute approximate surface area is 104 Å². The highest BCUT2D eigenvalue weighted by Crippen LogP contribution is 2.26. The normalized spacial score (nSPS) is 12.9. The summed E-state index contributed by atoms with van der Waals surface area (Å²) < 4.78 is 10.3. The van der Waals surface area contributed by atoms with Crippen molar-refractivity contribution in [2.75, 3.05) is 11.9 Å². The van der Waals surface area contributed by atoms with Crippen molar-refractivity contribution in [3.63, 3.8) is 0 Å². The number of benzene rings is 1. The molecular formula is C13H12N2O3. The molecule has 1 aliphatic rings. The predicted molar refractivity (Wildman–Crippen MR) is 64.8 cm³/mol. The Morgan fingerprint density at radius 1 is 1.39 bits per heavy atom. The largest absolute Gasteiger partial charge is 0.493 e. The first-order chi connectivity index (χ1) is 8.72. The molecule has 5 nitrogen and oxygen atoms in total. The second kappa shape index (κ2) is 4.18. The van der Waals surface area contributed by atoms with Gasteiger partial charge in [0.2, 0.25) is 0 Å². The van der Waals surface area contributed by atoms with E-state index in [1.165, 1.54) is 0 Å². The number of aryl methyl sites for hydroxylation is 1. The van der Waals surface area contributed by atoms with Crippen LogP contribution < -0.4 is 10.1 Å². The molecular weight excluding hydrogens is 232 g/mol. The molecule has 92 valence electrons. The Morgan fingerprint density at radius 2 is 2.28 bits per heavy atom. The number of carbonyl (C=O) groups is 1. The summed E-state index contributed by atoms with van der Waals surface area (Å²) in [5, 5.41) is 6.41. The first-order valence-corrected chi connectivity index (χ1v) is 5.73. The van der Waals surface area contributed by atoms with Gasteiger partial charge in [-0.2, -0.15) is 0 Å². The van der Waals surface area contributed by atoms with Gasteiger partial charge in [-0.3, -0.25) is 4.79 Å². The monoisotopic (exact) mass is 244 g/mol. The average molecular weight is 244 g/mol. The first-order valence-electron chi connectivity index (χ1n) is 5.73. The molecule has 1 aromatic carbocycles. The van der Waals surface area contributed by atoms with Crippen LogP contribution in [-0.2, 0) is 6.42 Å². The highest BCUT2D eigenvalue weighted by atomic mass is 16.5. The molecule has 2 heterocycles. The minimum absolute atomic E-state index is 0.196. The molecule has 1 aliphatic heterocycles. The Balaban J connectivity index is 1.80. The Hall–Kier alpha value is -2.30. The maximum absolute atomic E-state index is 12.0. The van der Waals surface area contributed by atoms with E-state index in [0.717, 1.165) is 17.7 Å². The van der Waals surface area contributed by atoms with Crippen LogP contribution >= 0.6 is 0 Å². The Bertz CT molecular complexity index is 604. The SMILES string of the molecule is Cc1cc(NC(=O)c2ccc3c(c2)CCO3)no1. The topological polar surface area (TPSA) is 64.4 Å². The molecule has 1 N–H and O–H groups in total. The lowest BCUT2D eigenvalue weighted by Gasteiger charge is -2.03. The number of aromatic nitrogens is 1. The number of hydrogen-bond acceptors (Lipinski definition) is 4. The van der Waals surface area contributed by atoms with Gasteiger partial charge in [0.05, 0.1) is 6.61 Å². The fraction of sp³-hybridized carbons (Fsp3) is 0.231. The molecule has 1 aromatic heterocycles. The summed E-state index contributed by atoms with van der Waals surface area (Å²) in [4.78, 5) is 12.0. The van der Waals surface area contributed by atoms with E-state index >= 15 is 0 Å². The standard InChI is InChI=1S/C13H12N2O3/c1-8-6-12(15-18-8)14-13(16)10-2-3-11-9(7-10)4-5-17-11/h2-3,6-7H,4-5H2,1H3,(H,14,15,16). The minimum atomic E-state index is -0.196. The van der Waals surface area contributed by atoms with Crippen molar-refractivity contribution in [3.05, 3.63) is 41.2 Å². The Morgan fingerprint density at radius 3 is 3.06 bits per heavy atom. The van der Waals surface area contributed by atoms with Crippen molar-refractivity contribution in [1.29, 1.82) is 0 Å². The molecule has 0 atom stereocenters. The lowest BCUT2D eigenvalue weighted by atomic mass is 10.1. The first kappa shape index (κ1) is 10.8. The van der Waals surface area contributed by atoms with Crippen LogP contribution in [0.25, 0.3) is 0 Å². The number of nitrogens with one attached hydrogen (secondary N) is 1. The van der Waals surface area contributed by atoms with Gasteiger partial charge in [0.25, 0.3) is 5.91 Å². The molecule has 0 bridgehead atoms. The molecule has 0 saturated heterocycles. The van der Waals surface area contributed by atoms with Crippen molar-refractivity contribution in [3.8, 4) is 5.75 Å². The molecule has 3 rings (SSSR count). The molecule has 0 unspecified atom stereocenters. The summed E-state index contributed by atoms with van der Waals surface area (Å²) in [6, 6.07) is 7.09. The van der Waals surface area contributed by atoms with E-state index in [1.807, 2.05) is 12.1 Å². The van der Waals surface area contributed by atoms with E-state index in [0.29, 0.717) is 23.7 Å². The maximum atomic E-state index is 12.0. The van der Waals surface area contributed by atoms with E-state index in [2.05, 4.69) is 10.5 Å². The fourth-order valence-electron chi connectivity index (χ4n) is 1.94. The molecule has 1 amide bonds. The van der Waals surface area contributed by atoms with Gasteiger partial charge in [0.1, 0.15) is 11.5 Å². The maximum Gasteiger partial charge on any atom is 0.256 e. The van der Waals surface area contributed by atoms with Crippen LogP contribution in [0.3, 0.4) is 0 Å². The van der Waals surface area contributed by atoms with Crippen LogP contribution in [0.1, 0.15) is 21.7 Å². The summed E-state index contributed by atoms with van der Waals surface area (Å²) in [5.74, 6) is 1.75. The van der Waals surface area contributed by atoms with Crippen LogP contribution in [0, 0.1) is 6.92 Å². The average Bonchev–Trinajstić information content (AvgIpc) is 2.96. The number of amides is 1. The van der Waals surface area contributed by atoms with E-state index < -0.39 is 0 Å². The zero-order chi connectivity index (χ0) is 12.5. The number of fused-ring (bicyclic) bond motifs is 1. The van der Waals surface area contributed by atoms with Gasteiger partial charge in [-0.05, 0) is 30.7 Å². The van der Waals surface area contributed by atoms with Gasteiger partial charge in [-0.25, -0.2) is 0 Å². The van der Waals surface area contributed by atoms with Crippen LogP contribution in [-0.4, -0.2) is 17.7 Å². The predicted octanol–water partition coefficient (Wildman–Crippen LogP) is 2.17. The summed E-state index contributed by atoms with van der Waals surface area (Å²) in [6.45, 7) is 2.46. The number of nitrogens with zero attached hydrogens (tertiary/aromatic N) is 1. The molecule has 18 heavy (non-hydrogen) atoms. The molecule has 0 saturated carbocycles. The van der Waals surface area contributed by atoms with Gasteiger partial charge >= 0.3 is 0 Å². The number of anilines is 1. The third-order valence-electron chi connectivity index (χ3n) is 2.82. The van der Waals surface area contributed by atoms with Crippen molar-refractivity contribution < 1.29 is 14.1 Å². The van der Waals surface area contributed by atoms with Crippen molar-refractivity contribution in [2.45, 2.75) is 13.3 Å². The van der Waals surface area contributed by atoms with Gasteiger partial charge in [-0.15, -0.1) is 0 Å². The highest BCUT2D eigenvalue weighted by Gasteiger charge is 2.15. The smallest absolute Gasteiger partial charge is 0.256 e. The van der Waals surface area contributed by atoms with Gasteiger partial charge < -0.3 is 14.6 Å². The summed E-state index contributed by atoms with van der Waals surface area (Å²) in [5.41, 5.74) is 1.67. The van der Waals surface area contributed by atoms with Gasteiger partial charge in [0, 0.05) is 18.1 Å². The number of carbonyl (C=O) groups excluding carboxylic acids is 1. The van der Waals surface area contributed by atoms with Crippen LogP contribution in [0.5, 0.6) is 5.75 Å². The lowest BCUT2D eigenvalue weighted by Crippen LogP contribution is -2.12. The zero-order valence-corrected chi connectivity index (χ0v) is 9.90. The van der Waals surface area contributed by atoms with E-state index in [4.69, 9.17) is 9.26 Å². The van der Waals surface area contributed by atoms with E-state index in [9.17, 15) is 4.79 Å². The lowest BCUT2D eigenvalue weighted by molar-refractivity contribution is 0.102. The second-order valence-electron chi connectivity index (χ2n) is 4.20. The second-order valence-corrected chi connectivity index (χ2v) is 4.20. The minimum Gasteiger partial charge on any atom is -0.493 e. The highest BCUT2D eigenvalue weighted by molar-refractivity contribution is 6.04. The van der Waals surface area contributed by atoms with Crippen molar-refractivity contribution >= 4 is 11.7 Å².